The van der Waals surface area contributed by atoms with Crippen molar-refractivity contribution in [2.45, 2.75) is 82.7 Å². The van der Waals surface area contributed by atoms with Crippen molar-refractivity contribution in [3.63, 3.8) is 0 Å². The van der Waals surface area contributed by atoms with Gasteiger partial charge in [-0.15, -0.1) is 0 Å². The standard InChI is InChI=1S/C18H34N2O/c21-13-12-20(17-6-5-7-17)15-18(14-19-16-8-9-16)10-3-1-2-4-11-18/h16-17,19,21H,1-15H2. The molecule has 2 N–H and O–H groups in total. The summed E-state index contributed by atoms with van der Waals surface area (Å²) in [6.07, 6.45) is 15.3. The Hall–Kier alpha value is -0.120. The van der Waals surface area contributed by atoms with E-state index in [4.69, 9.17) is 0 Å². The second-order valence-electron chi connectivity index (χ2n) is 7.85. The molecule has 3 heteroatoms. The highest BCUT2D eigenvalue weighted by atomic mass is 16.3. The molecule has 3 nitrogen and oxygen atoms in total. The van der Waals surface area contributed by atoms with E-state index in [2.05, 4.69) is 10.2 Å². The maximum absolute atomic E-state index is 9.44. The zero-order chi connectivity index (χ0) is 14.5. The van der Waals surface area contributed by atoms with Gasteiger partial charge in [-0.25, -0.2) is 0 Å². The summed E-state index contributed by atoms with van der Waals surface area (Å²) in [7, 11) is 0. The second kappa shape index (κ2) is 7.43. The smallest absolute Gasteiger partial charge is 0.0558 e. The molecule has 0 radical (unpaired) electrons. The number of hydrogen-bond donors (Lipinski definition) is 2. The highest BCUT2D eigenvalue weighted by molar-refractivity contribution is 4.93. The van der Waals surface area contributed by atoms with E-state index in [0.717, 1.165) is 18.6 Å². The maximum atomic E-state index is 9.44. The molecule has 0 spiro atoms. The largest absolute Gasteiger partial charge is 0.395 e. The average molecular weight is 294 g/mol. The van der Waals surface area contributed by atoms with Crippen LogP contribution in [0.5, 0.6) is 0 Å². The van der Waals surface area contributed by atoms with Crippen LogP contribution < -0.4 is 5.32 Å². The first-order chi connectivity index (χ1) is 10.3. The van der Waals surface area contributed by atoms with Crippen molar-refractivity contribution in [3.8, 4) is 0 Å². The van der Waals surface area contributed by atoms with E-state index >= 15 is 0 Å². The first-order valence-corrected chi connectivity index (χ1v) is 9.40. The van der Waals surface area contributed by atoms with Crippen LogP contribution in [0.4, 0.5) is 0 Å². The van der Waals surface area contributed by atoms with E-state index in [9.17, 15) is 5.11 Å². The van der Waals surface area contributed by atoms with Crippen LogP contribution in [0.3, 0.4) is 0 Å². The third-order valence-corrected chi connectivity index (χ3v) is 6.02. The molecule has 3 rings (SSSR count). The molecular formula is C18H34N2O. The average Bonchev–Trinajstić information content (AvgIpc) is 3.23. The van der Waals surface area contributed by atoms with Crippen molar-refractivity contribution in [2.75, 3.05) is 26.2 Å². The van der Waals surface area contributed by atoms with E-state index < -0.39 is 0 Å². The minimum atomic E-state index is 0.322. The van der Waals surface area contributed by atoms with Crippen LogP contribution in [0.15, 0.2) is 0 Å². The maximum Gasteiger partial charge on any atom is 0.0558 e. The summed E-state index contributed by atoms with van der Waals surface area (Å²) in [5.41, 5.74) is 0.476. The van der Waals surface area contributed by atoms with Crippen molar-refractivity contribution >= 4 is 0 Å². The van der Waals surface area contributed by atoms with Gasteiger partial charge < -0.3 is 10.4 Å². The molecule has 0 aromatic rings. The van der Waals surface area contributed by atoms with Gasteiger partial charge >= 0.3 is 0 Å². The Morgan fingerprint density at radius 1 is 0.952 bits per heavy atom. The Labute approximate surface area is 130 Å². The zero-order valence-electron chi connectivity index (χ0n) is 13.7. The molecule has 0 aromatic heterocycles. The summed E-state index contributed by atoms with van der Waals surface area (Å²) >= 11 is 0. The van der Waals surface area contributed by atoms with Crippen LogP contribution in [0.2, 0.25) is 0 Å². The Balaban J connectivity index is 1.62. The topological polar surface area (TPSA) is 35.5 Å². The van der Waals surface area contributed by atoms with E-state index in [1.54, 1.807) is 0 Å². The Bertz CT molecular complexity index is 304. The number of aliphatic hydroxyl groups is 1. The van der Waals surface area contributed by atoms with Crippen molar-refractivity contribution in [3.05, 3.63) is 0 Å². The molecule has 0 amide bonds. The molecule has 0 atom stereocenters. The summed E-state index contributed by atoms with van der Waals surface area (Å²) in [5, 5.41) is 13.3. The van der Waals surface area contributed by atoms with Crippen LogP contribution in [0.25, 0.3) is 0 Å². The highest BCUT2D eigenvalue weighted by Gasteiger charge is 2.37. The number of nitrogens with zero attached hydrogens (tertiary/aromatic N) is 1. The molecular weight excluding hydrogens is 260 g/mol. The minimum absolute atomic E-state index is 0.322. The summed E-state index contributed by atoms with van der Waals surface area (Å²) in [5.74, 6) is 0. The van der Waals surface area contributed by atoms with E-state index in [-0.39, 0.29) is 0 Å². The van der Waals surface area contributed by atoms with Crippen molar-refractivity contribution in [1.29, 1.82) is 0 Å². The van der Waals surface area contributed by atoms with Crippen LogP contribution in [-0.4, -0.2) is 48.3 Å². The molecule has 122 valence electrons. The van der Waals surface area contributed by atoms with Gasteiger partial charge in [0.2, 0.25) is 0 Å². The highest BCUT2D eigenvalue weighted by Crippen LogP contribution is 2.38. The lowest BCUT2D eigenvalue weighted by molar-refractivity contribution is 0.0447. The van der Waals surface area contributed by atoms with E-state index in [1.165, 1.54) is 83.7 Å². The summed E-state index contributed by atoms with van der Waals surface area (Å²) in [6.45, 7) is 3.64. The van der Waals surface area contributed by atoms with Crippen LogP contribution in [0, 0.1) is 5.41 Å². The van der Waals surface area contributed by atoms with Gasteiger partial charge in [-0.05, 0) is 43.9 Å². The predicted molar refractivity (Wildman–Crippen MR) is 87.5 cm³/mol. The van der Waals surface area contributed by atoms with Gasteiger partial charge in [0.25, 0.3) is 0 Å². The fourth-order valence-corrected chi connectivity index (χ4v) is 4.22. The van der Waals surface area contributed by atoms with Crippen LogP contribution >= 0.6 is 0 Å². The lowest BCUT2D eigenvalue weighted by atomic mass is 9.78. The molecule has 21 heavy (non-hydrogen) atoms. The molecule has 0 bridgehead atoms. The molecule has 3 aliphatic carbocycles. The molecule has 0 aliphatic heterocycles. The third-order valence-electron chi connectivity index (χ3n) is 6.02. The van der Waals surface area contributed by atoms with Gasteiger partial charge in [0, 0.05) is 31.7 Å². The van der Waals surface area contributed by atoms with Gasteiger partial charge in [0.1, 0.15) is 0 Å². The SMILES string of the molecule is OCCN(CC1(CNC2CC2)CCCCCC1)C1CCC1. The number of aliphatic hydroxyl groups excluding tert-OH is 1. The Kier molecular flexibility index (Phi) is 5.58. The molecule has 3 aliphatic rings. The Morgan fingerprint density at radius 3 is 2.19 bits per heavy atom. The fourth-order valence-electron chi connectivity index (χ4n) is 4.22. The minimum Gasteiger partial charge on any atom is -0.395 e. The number of rotatable bonds is 8. The summed E-state index contributed by atoms with van der Waals surface area (Å²) < 4.78 is 0. The first-order valence-electron chi connectivity index (χ1n) is 9.40. The number of nitrogens with one attached hydrogen (secondary N) is 1. The van der Waals surface area contributed by atoms with Gasteiger partial charge in [0.05, 0.1) is 6.61 Å². The molecule has 3 fully saturated rings. The normalized spacial score (nSPS) is 26.6. The van der Waals surface area contributed by atoms with Gasteiger partial charge in [-0.2, -0.15) is 0 Å². The summed E-state index contributed by atoms with van der Waals surface area (Å²) in [4.78, 5) is 2.63. The molecule has 0 unspecified atom stereocenters. The molecule has 0 heterocycles. The fraction of sp³-hybridized carbons (Fsp3) is 1.00. The van der Waals surface area contributed by atoms with Crippen molar-refractivity contribution in [2.24, 2.45) is 5.41 Å². The zero-order valence-corrected chi connectivity index (χ0v) is 13.7. The predicted octanol–water partition coefficient (Wildman–Crippen LogP) is 2.93. The quantitative estimate of drug-likeness (QED) is 0.676. The van der Waals surface area contributed by atoms with Gasteiger partial charge in [-0.1, -0.05) is 32.1 Å². The van der Waals surface area contributed by atoms with Crippen molar-refractivity contribution < 1.29 is 5.11 Å². The van der Waals surface area contributed by atoms with Gasteiger partial charge in [0.15, 0.2) is 0 Å². The second-order valence-corrected chi connectivity index (χ2v) is 7.85. The van der Waals surface area contributed by atoms with Crippen LogP contribution in [-0.2, 0) is 0 Å². The molecule has 0 saturated heterocycles. The van der Waals surface area contributed by atoms with Gasteiger partial charge in [-0.3, -0.25) is 4.90 Å². The first kappa shape index (κ1) is 15.8. The monoisotopic (exact) mass is 294 g/mol. The summed E-state index contributed by atoms with van der Waals surface area (Å²) in [6, 6.07) is 1.58. The lowest BCUT2D eigenvalue weighted by Gasteiger charge is -2.44. The van der Waals surface area contributed by atoms with E-state index in [0.29, 0.717) is 12.0 Å². The lowest BCUT2D eigenvalue weighted by Crippen LogP contribution is -2.50. The molecule has 3 saturated carbocycles. The molecule has 0 aromatic carbocycles. The van der Waals surface area contributed by atoms with Crippen LogP contribution in [0.1, 0.15) is 70.6 Å². The third kappa shape index (κ3) is 4.43. The number of hydrogen-bond acceptors (Lipinski definition) is 3. The van der Waals surface area contributed by atoms with Crippen molar-refractivity contribution in [1.82, 2.24) is 10.2 Å². The van der Waals surface area contributed by atoms with E-state index in [1.807, 2.05) is 0 Å². The Morgan fingerprint density at radius 2 is 1.67 bits per heavy atom.